The van der Waals surface area contributed by atoms with Gasteiger partial charge in [0, 0.05) is 31.4 Å². The summed E-state index contributed by atoms with van der Waals surface area (Å²) in [6.07, 6.45) is 11.7. The summed E-state index contributed by atoms with van der Waals surface area (Å²) < 4.78 is 2.25. The highest BCUT2D eigenvalue weighted by atomic mass is 15.1. The number of nitrogens with zero attached hydrogens (tertiary/aromatic N) is 3. The fourth-order valence-corrected chi connectivity index (χ4v) is 2.59. The van der Waals surface area contributed by atoms with Crippen LogP contribution in [0.3, 0.4) is 0 Å². The lowest BCUT2D eigenvalue weighted by molar-refractivity contribution is 0.391. The Kier molecular flexibility index (Phi) is 5.19. The fourth-order valence-electron chi connectivity index (χ4n) is 2.59. The molecule has 0 spiro atoms. The predicted molar refractivity (Wildman–Crippen MR) is 80.2 cm³/mol. The molecule has 110 valence electrons. The minimum absolute atomic E-state index is 0.345. The molecule has 0 aliphatic heterocycles. The number of hydrogen-bond acceptors (Lipinski definition) is 3. The third-order valence-corrected chi connectivity index (χ3v) is 3.95. The highest BCUT2D eigenvalue weighted by Crippen LogP contribution is 2.24. The molecule has 1 aromatic rings. The van der Waals surface area contributed by atoms with Crippen molar-refractivity contribution < 1.29 is 0 Å². The van der Waals surface area contributed by atoms with E-state index in [1.807, 2.05) is 13.1 Å². The maximum absolute atomic E-state index is 9.33. The maximum atomic E-state index is 9.33. The minimum Gasteiger partial charge on any atom is -0.335 e. The summed E-state index contributed by atoms with van der Waals surface area (Å²) in [6, 6.07) is 3.03. The zero-order valence-electron chi connectivity index (χ0n) is 12.7. The van der Waals surface area contributed by atoms with Gasteiger partial charge < -0.3 is 4.57 Å². The SMILES string of the molecule is CCCc1nccn1CCCCC(C)(C#N)NC1CC1. The molecule has 2 rings (SSSR count). The normalized spacial score (nSPS) is 17.6. The van der Waals surface area contributed by atoms with E-state index in [9.17, 15) is 5.26 Å². The molecule has 1 aliphatic carbocycles. The Balaban J connectivity index is 1.72. The Hall–Kier alpha value is -1.34. The Morgan fingerprint density at radius 1 is 1.50 bits per heavy atom. The van der Waals surface area contributed by atoms with Crippen LogP contribution in [0, 0.1) is 11.3 Å². The summed E-state index contributed by atoms with van der Waals surface area (Å²) in [5, 5.41) is 12.8. The van der Waals surface area contributed by atoms with Crippen LogP contribution in [0.4, 0.5) is 0 Å². The van der Waals surface area contributed by atoms with E-state index in [1.54, 1.807) is 0 Å². The number of aryl methyl sites for hydroxylation is 2. The van der Waals surface area contributed by atoms with Crippen molar-refractivity contribution in [3.63, 3.8) is 0 Å². The molecule has 0 aromatic carbocycles. The van der Waals surface area contributed by atoms with Gasteiger partial charge in [0.05, 0.1) is 6.07 Å². The van der Waals surface area contributed by atoms with Gasteiger partial charge in [0.1, 0.15) is 11.4 Å². The lowest BCUT2D eigenvalue weighted by atomic mass is 9.96. The van der Waals surface area contributed by atoms with E-state index in [0.717, 1.165) is 38.6 Å². The molecular weight excluding hydrogens is 248 g/mol. The van der Waals surface area contributed by atoms with Crippen molar-refractivity contribution >= 4 is 0 Å². The topological polar surface area (TPSA) is 53.6 Å². The Labute approximate surface area is 122 Å². The number of nitrogens with one attached hydrogen (secondary N) is 1. The van der Waals surface area contributed by atoms with Crippen LogP contribution < -0.4 is 5.32 Å². The van der Waals surface area contributed by atoms with Crippen LogP contribution in [0.2, 0.25) is 0 Å². The minimum atomic E-state index is -0.345. The van der Waals surface area contributed by atoms with E-state index >= 15 is 0 Å². The van der Waals surface area contributed by atoms with E-state index in [4.69, 9.17) is 0 Å². The number of aromatic nitrogens is 2. The Morgan fingerprint density at radius 2 is 2.30 bits per heavy atom. The van der Waals surface area contributed by atoms with Gasteiger partial charge in [-0.2, -0.15) is 5.26 Å². The summed E-state index contributed by atoms with van der Waals surface area (Å²) >= 11 is 0. The average Bonchev–Trinajstić information content (AvgIpc) is 3.13. The summed E-state index contributed by atoms with van der Waals surface area (Å²) in [7, 11) is 0. The van der Waals surface area contributed by atoms with Crippen LogP contribution >= 0.6 is 0 Å². The van der Waals surface area contributed by atoms with E-state index in [2.05, 4.69) is 34.1 Å². The first-order valence-corrected chi connectivity index (χ1v) is 7.86. The zero-order valence-corrected chi connectivity index (χ0v) is 12.7. The number of nitriles is 1. The molecule has 0 amide bonds. The standard InChI is InChI=1S/C16H26N4/c1-3-6-15-18-10-12-20(15)11-5-4-9-16(2,13-17)19-14-7-8-14/h10,12,14,19H,3-9,11H2,1-2H3. The van der Waals surface area contributed by atoms with Crippen molar-refractivity contribution in [1.82, 2.24) is 14.9 Å². The number of rotatable bonds is 9. The molecule has 0 bridgehead atoms. The number of unbranched alkanes of at least 4 members (excludes halogenated alkanes) is 1. The van der Waals surface area contributed by atoms with E-state index in [-0.39, 0.29) is 5.54 Å². The van der Waals surface area contributed by atoms with E-state index < -0.39 is 0 Å². The third kappa shape index (κ3) is 4.35. The molecule has 1 unspecified atom stereocenters. The van der Waals surface area contributed by atoms with Crippen molar-refractivity contribution in [3.8, 4) is 6.07 Å². The highest BCUT2D eigenvalue weighted by molar-refractivity contribution is 5.07. The van der Waals surface area contributed by atoms with Crippen molar-refractivity contribution in [3.05, 3.63) is 18.2 Å². The second-order valence-corrected chi connectivity index (χ2v) is 6.11. The first-order chi connectivity index (χ1) is 9.67. The quantitative estimate of drug-likeness (QED) is 0.704. The lowest BCUT2D eigenvalue weighted by Crippen LogP contribution is -2.42. The smallest absolute Gasteiger partial charge is 0.108 e. The molecule has 1 N–H and O–H groups in total. The highest BCUT2D eigenvalue weighted by Gasteiger charge is 2.31. The molecule has 0 radical (unpaired) electrons. The Bertz CT molecular complexity index is 455. The average molecular weight is 274 g/mol. The van der Waals surface area contributed by atoms with Gasteiger partial charge in [0.25, 0.3) is 0 Å². The van der Waals surface area contributed by atoms with Crippen LogP contribution in [0.5, 0.6) is 0 Å². The molecule has 1 heterocycles. The molecule has 1 saturated carbocycles. The van der Waals surface area contributed by atoms with Crippen LogP contribution in [-0.2, 0) is 13.0 Å². The van der Waals surface area contributed by atoms with Gasteiger partial charge in [0.15, 0.2) is 0 Å². The van der Waals surface area contributed by atoms with E-state index in [0.29, 0.717) is 6.04 Å². The van der Waals surface area contributed by atoms with Crippen LogP contribution in [0.1, 0.15) is 58.2 Å². The molecule has 1 atom stereocenters. The van der Waals surface area contributed by atoms with Gasteiger partial charge in [-0.15, -0.1) is 0 Å². The molecule has 1 fully saturated rings. The van der Waals surface area contributed by atoms with Crippen LogP contribution in [-0.4, -0.2) is 21.1 Å². The maximum Gasteiger partial charge on any atom is 0.108 e. The second-order valence-electron chi connectivity index (χ2n) is 6.11. The number of hydrogen-bond donors (Lipinski definition) is 1. The summed E-state index contributed by atoms with van der Waals surface area (Å²) in [5.74, 6) is 1.19. The van der Waals surface area contributed by atoms with Gasteiger partial charge in [-0.3, -0.25) is 5.32 Å². The number of imidazole rings is 1. The monoisotopic (exact) mass is 274 g/mol. The Morgan fingerprint density at radius 3 is 2.95 bits per heavy atom. The van der Waals surface area contributed by atoms with Crippen molar-refractivity contribution in [1.29, 1.82) is 5.26 Å². The molecular formula is C16H26N4. The van der Waals surface area contributed by atoms with E-state index in [1.165, 1.54) is 18.7 Å². The molecule has 4 nitrogen and oxygen atoms in total. The van der Waals surface area contributed by atoms with Gasteiger partial charge in [-0.25, -0.2) is 4.98 Å². The summed E-state index contributed by atoms with van der Waals surface area (Å²) in [6.45, 7) is 5.23. The predicted octanol–water partition coefficient (Wildman–Crippen LogP) is 3.04. The van der Waals surface area contributed by atoms with Crippen molar-refractivity contribution in [2.45, 2.75) is 76.9 Å². The largest absolute Gasteiger partial charge is 0.335 e. The zero-order chi connectivity index (χ0) is 14.4. The van der Waals surface area contributed by atoms with Crippen molar-refractivity contribution in [2.24, 2.45) is 0 Å². The van der Waals surface area contributed by atoms with Gasteiger partial charge in [-0.05, 0) is 45.4 Å². The first kappa shape index (κ1) is 15.1. The lowest BCUT2D eigenvalue weighted by Gasteiger charge is -2.23. The molecule has 4 heteroatoms. The molecule has 20 heavy (non-hydrogen) atoms. The van der Waals surface area contributed by atoms with Gasteiger partial charge in [0.2, 0.25) is 0 Å². The molecule has 1 aromatic heterocycles. The molecule has 0 saturated heterocycles. The van der Waals surface area contributed by atoms with Gasteiger partial charge in [-0.1, -0.05) is 6.92 Å². The fraction of sp³-hybridized carbons (Fsp3) is 0.750. The summed E-state index contributed by atoms with van der Waals surface area (Å²) in [4.78, 5) is 4.40. The van der Waals surface area contributed by atoms with Gasteiger partial charge >= 0.3 is 0 Å². The summed E-state index contributed by atoms with van der Waals surface area (Å²) in [5.41, 5.74) is -0.345. The van der Waals surface area contributed by atoms with Crippen LogP contribution in [0.15, 0.2) is 12.4 Å². The molecule has 1 aliphatic rings. The second kappa shape index (κ2) is 6.90. The van der Waals surface area contributed by atoms with Crippen LogP contribution in [0.25, 0.3) is 0 Å². The van der Waals surface area contributed by atoms with Crippen molar-refractivity contribution in [2.75, 3.05) is 0 Å². The third-order valence-electron chi connectivity index (χ3n) is 3.95. The first-order valence-electron chi connectivity index (χ1n) is 7.86.